The summed E-state index contributed by atoms with van der Waals surface area (Å²) in [6.45, 7) is 4.83. The molecule has 1 saturated heterocycles. The molecular weight excluding hydrogens is 292 g/mol. The lowest BCUT2D eigenvalue weighted by Crippen LogP contribution is -2.54. The molecular formula is C18H22N2O3. The lowest BCUT2D eigenvalue weighted by molar-refractivity contribution is -0.145. The van der Waals surface area contributed by atoms with Crippen LogP contribution in [0, 0.1) is 6.92 Å². The Morgan fingerprint density at radius 2 is 2.04 bits per heavy atom. The molecule has 1 fully saturated rings. The Kier molecular flexibility index (Phi) is 4.50. The van der Waals surface area contributed by atoms with Gasteiger partial charge in [-0.3, -0.25) is 14.6 Å². The average molecular weight is 314 g/mol. The summed E-state index contributed by atoms with van der Waals surface area (Å²) >= 11 is 0. The molecule has 2 aromatic rings. The summed E-state index contributed by atoms with van der Waals surface area (Å²) in [6, 6.07) is 11.7. The number of benzene rings is 1. The minimum absolute atomic E-state index is 0.443. The molecule has 1 aliphatic heterocycles. The smallest absolute Gasteiger partial charge is 0.322 e. The number of aryl methyl sites for hydroxylation is 1. The molecule has 1 N–H and O–H groups in total. The molecule has 1 atom stereocenters. The predicted octanol–water partition coefficient (Wildman–Crippen LogP) is 2.46. The number of carboxylic acids is 1. The number of nitrogens with zero attached hydrogens (tertiary/aromatic N) is 2. The fourth-order valence-corrected chi connectivity index (χ4v) is 3.06. The van der Waals surface area contributed by atoms with Crippen LogP contribution in [-0.4, -0.2) is 53.6 Å². The second kappa shape index (κ2) is 6.56. The highest BCUT2D eigenvalue weighted by Gasteiger charge is 2.30. The van der Waals surface area contributed by atoms with E-state index >= 15 is 0 Å². The molecule has 0 amide bonds. The highest BCUT2D eigenvalue weighted by molar-refractivity contribution is 5.74. The van der Waals surface area contributed by atoms with Crippen LogP contribution in [0.4, 0.5) is 0 Å². The van der Waals surface area contributed by atoms with Gasteiger partial charge in [0.05, 0.1) is 0 Å². The Morgan fingerprint density at radius 3 is 2.74 bits per heavy atom. The van der Waals surface area contributed by atoms with E-state index < -0.39 is 12.0 Å². The van der Waals surface area contributed by atoms with E-state index in [9.17, 15) is 9.90 Å². The summed E-state index contributed by atoms with van der Waals surface area (Å²) in [7, 11) is 1.87. The lowest BCUT2D eigenvalue weighted by atomic mass is 10.0. The van der Waals surface area contributed by atoms with Crippen molar-refractivity contribution >= 4 is 5.97 Å². The van der Waals surface area contributed by atoms with Crippen molar-refractivity contribution in [2.45, 2.75) is 19.5 Å². The summed E-state index contributed by atoms with van der Waals surface area (Å²) in [6.07, 6.45) is 0. The van der Waals surface area contributed by atoms with Crippen molar-refractivity contribution in [3.63, 3.8) is 0 Å². The van der Waals surface area contributed by atoms with Crippen molar-refractivity contribution in [1.82, 2.24) is 9.80 Å². The number of carboxylic acid groups (broad SMARTS) is 1. The Labute approximate surface area is 136 Å². The second-order valence-corrected chi connectivity index (χ2v) is 6.14. The maximum Gasteiger partial charge on any atom is 0.322 e. The van der Waals surface area contributed by atoms with Gasteiger partial charge >= 0.3 is 5.97 Å². The van der Waals surface area contributed by atoms with Crippen LogP contribution >= 0.6 is 0 Å². The third-order valence-electron chi connectivity index (χ3n) is 4.43. The van der Waals surface area contributed by atoms with Gasteiger partial charge in [-0.15, -0.1) is 0 Å². The van der Waals surface area contributed by atoms with Crippen LogP contribution in [0.15, 0.2) is 40.8 Å². The number of aliphatic carboxylic acids is 1. The third kappa shape index (κ3) is 3.46. The third-order valence-corrected chi connectivity index (χ3v) is 4.43. The molecule has 5 heteroatoms. The maximum atomic E-state index is 11.4. The predicted molar refractivity (Wildman–Crippen MR) is 88.2 cm³/mol. The average Bonchev–Trinajstić information content (AvgIpc) is 2.96. The standard InChI is InChI=1S/C18H22N2O3/c1-13-7-8-17(23-13)15-6-4-3-5-14(15)11-20-10-9-19(2)16(12-20)18(21)22/h3-8,16H,9-12H2,1-2H3,(H,21,22). The van der Waals surface area contributed by atoms with Gasteiger partial charge < -0.3 is 9.52 Å². The van der Waals surface area contributed by atoms with Crippen LogP contribution in [0.2, 0.25) is 0 Å². The number of hydrogen-bond donors (Lipinski definition) is 1. The van der Waals surface area contributed by atoms with E-state index in [1.54, 1.807) is 0 Å². The summed E-state index contributed by atoms with van der Waals surface area (Å²) in [4.78, 5) is 15.5. The molecule has 1 unspecified atom stereocenters. The number of carbonyl (C=O) groups is 1. The zero-order chi connectivity index (χ0) is 16.4. The summed E-state index contributed by atoms with van der Waals surface area (Å²) < 4.78 is 5.75. The highest BCUT2D eigenvalue weighted by Crippen LogP contribution is 2.27. The van der Waals surface area contributed by atoms with Crippen LogP contribution in [0.1, 0.15) is 11.3 Å². The Hall–Kier alpha value is -2.11. The summed E-state index contributed by atoms with van der Waals surface area (Å²) in [5.41, 5.74) is 2.24. The molecule has 0 spiro atoms. The van der Waals surface area contributed by atoms with Crippen LogP contribution in [0.25, 0.3) is 11.3 Å². The largest absolute Gasteiger partial charge is 0.480 e. The van der Waals surface area contributed by atoms with Gasteiger partial charge in [0.2, 0.25) is 0 Å². The fourth-order valence-electron chi connectivity index (χ4n) is 3.06. The van der Waals surface area contributed by atoms with Crippen molar-refractivity contribution < 1.29 is 14.3 Å². The molecule has 1 aliphatic rings. The molecule has 2 heterocycles. The van der Waals surface area contributed by atoms with E-state index in [-0.39, 0.29) is 0 Å². The number of furan rings is 1. The zero-order valence-corrected chi connectivity index (χ0v) is 13.5. The molecule has 1 aromatic heterocycles. The van der Waals surface area contributed by atoms with Crippen LogP contribution in [-0.2, 0) is 11.3 Å². The number of piperazine rings is 1. The van der Waals surface area contributed by atoms with Crippen LogP contribution in [0.5, 0.6) is 0 Å². The molecule has 0 saturated carbocycles. The van der Waals surface area contributed by atoms with E-state index in [0.717, 1.165) is 42.3 Å². The van der Waals surface area contributed by atoms with Crippen LogP contribution < -0.4 is 0 Å². The topological polar surface area (TPSA) is 56.9 Å². The van der Waals surface area contributed by atoms with Gasteiger partial charge in [0.25, 0.3) is 0 Å². The Bertz CT molecular complexity index is 695. The monoisotopic (exact) mass is 314 g/mol. The number of hydrogen-bond acceptors (Lipinski definition) is 4. The van der Waals surface area contributed by atoms with E-state index in [1.165, 1.54) is 0 Å². The first kappa shape index (κ1) is 15.8. The molecule has 23 heavy (non-hydrogen) atoms. The molecule has 0 aliphatic carbocycles. The Morgan fingerprint density at radius 1 is 1.26 bits per heavy atom. The first-order valence-corrected chi connectivity index (χ1v) is 7.84. The van der Waals surface area contributed by atoms with Gasteiger partial charge in [-0.05, 0) is 31.7 Å². The van der Waals surface area contributed by atoms with E-state index in [1.807, 2.05) is 43.1 Å². The number of likely N-dealkylation sites (N-methyl/N-ethyl adjacent to an activating group) is 1. The SMILES string of the molecule is Cc1ccc(-c2ccccc2CN2CCN(C)C(C(=O)O)C2)o1. The lowest BCUT2D eigenvalue weighted by Gasteiger charge is -2.37. The Balaban J connectivity index is 1.80. The van der Waals surface area contributed by atoms with Crippen molar-refractivity contribution in [3.05, 3.63) is 47.7 Å². The number of rotatable bonds is 4. The first-order chi connectivity index (χ1) is 11.0. The minimum atomic E-state index is -0.757. The highest BCUT2D eigenvalue weighted by atomic mass is 16.4. The van der Waals surface area contributed by atoms with Crippen molar-refractivity contribution in [2.75, 3.05) is 26.7 Å². The molecule has 0 bridgehead atoms. The summed E-state index contributed by atoms with van der Waals surface area (Å²) in [5.74, 6) is 0.995. The van der Waals surface area contributed by atoms with Gasteiger partial charge in [0.15, 0.2) is 0 Å². The molecule has 1 aromatic carbocycles. The zero-order valence-electron chi connectivity index (χ0n) is 13.5. The van der Waals surface area contributed by atoms with Gasteiger partial charge in [0, 0.05) is 31.7 Å². The molecule has 0 radical (unpaired) electrons. The minimum Gasteiger partial charge on any atom is -0.480 e. The van der Waals surface area contributed by atoms with Gasteiger partial charge in [-0.1, -0.05) is 24.3 Å². The first-order valence-electron chi connectivity index (χ1n) is 7.84. The summed E-state index contributed by atoms with van der Waals surface area (Å²) in [5, 5.41) is 9.34. The second-order valence-electron chi connectivity index (χ2n) is 6.14. The van der Waals surface area contributed by atoms with E-state index in [0.29, 0.717) is 6.54 Å². The quantitative estimate of drug-likeness (QED) is 0.939. The molecule has 122 valence electrons. The van der Waals surface area contributed by atoms with Crippen LogP contribution in [0.3, 0.4) is 0 Å². The van der Waals surface area contributed by atoms with Gasteiger partial charge in [-0.25, -0.2) is 0 Å². The van der Waals surface area contributed by atoms with Gasteiger partial charge in [-0.2, -0.15) is 0 Å². The normalized spacial score (nSPS) is 19.8. The van der Waals surface area contributed by atoms with E-state index in [4.69, 9.17) is 4.42 Å². The van der Waals surface area contributed by atoms with Gasteiger partial charge in [0.1, 0.15) is 17.6 Å². The van der Waals surface area contributed by atoms with Crippen molar-refractivity contribution in [2.24, 2.45) is 0 Å². The van der Waals surface area contributed by atoms with Crippen molar-refractivity contribution in [1.29, 1.82) is 0 Å². The molecule has 5 nitrogen and oxygen atoms in total. The van der Waals surface area contributed by atoms with E-state index in [2.05, 4.69) is 17.0 Å². The maximum absolute atomic E-state index is 11.4. The molecule has 3 rings (SSSR count). The van der Waals surface area contributed by atoms with Crippen molar-refractivity contribution in [3.8, 4) is 11.3 Å². The fraction of sp³-hybridized carbons (Fsp3) is 0.389.